The van der Waals surface area contributed by atoms with Crippen molar-refractivity contribution in [2.45, 2.75) is 25.7 Å². The molecular formula is C14H27N3O. The number of amides is 1. The zero-order chi connectivity index (χ0) is 13.2. The van der Waals surface area contributed by atoms with Crippen LogP contribution in [0.3, 0.4) is 0 Å². The molecule has 2 rings (SSSR count). The summed E-state index contributed by atoms with van der Waals surface area (Å²) < 4.78 is 0. The van der Waals surface area contributed by atoms with Crippen LogP contribution in [0.4, 0.5) is 0 Å². The lowest BCUT2D eigenvalue weighted by Crippen LogP contribution is -2.39. The van der Waals surface area contributed by atoms with Gasteiger partial charge in [-0.2, -0.15) is 0 Å². The minimum atomic E-state index is -0.0596. The van der Waals surface area contributed by atoms with Gasteiger partial charge in [0.2, 0.25) is 5.91 Å². The maximum atomic E-state index is 12.4. The molecule has 1 aliphatic carbocycles. The summed E-state index contributed by atoms with van der Waals surface area (Å²) in [5.41, 5.74) is -0.0596. The average Bonchev–Trinajstić information content (AvgIpc) is 3.01. The van der Waals surface area contributed by atoms with Crippen molar-refractivity contribution in [3.05, 3.63) is 0 Å². The molecule has 18 heavy (non-hydrogen) atoms. The number of nitrogens with one attached hydrogen (secondary N) is 1. The first-order chi connectivity index (χ1) is 8.57. The van der Waals surface area contributed by atoms with Gasteiger partial charge in [0, 0.05) is 26.7 Å². The van der Waals surface area contributed by atoms with E-state index in [2.05, 4.69) is 17.3 Å². The van der Waals surface area contributed by atoms with Gasteiger partial charge >= 0.3 is 0 Å². The quantitative estimate of drug-likeness (QED) is 0.760. The fourth-order valence-electron chi connectivity index (χ4n) is 3.10. The number of rotatable bonds is 6. The van der Waals surface area contributed by atoms with E-state index in [4.69, 9.17) is 0 Å². The van der Waals surface area contributed by atoms with Gasteiger partial charge in [-0.15, -0.1) is 0 Å². The van der Waals surface area contributed by atoms with Crippen molar-refractivity contribution in [3.8, 4) is 0 Å². The number of likely N-dealkylation sites (tertiary alicyclic amines) is 1. The lowest BCUT2D eigenvalue weighted by atomic mass is 10.0. The van der Waals surface area contributed by atoms with Gasteiger partial charge in [-0.3, -0.25) is 4.79 Å². The summed E-state index contributed by atoms with van der Waals surface area (Å²) in [6.07, 6.45) is 4.56. The highest BCUT2D eigenvalue weighted by atomic mass is 16.2. The van der Waals surface area contributed by atoms with Crippen molar-refractivity contribution in [2.24, 2.45) is 11.3 Å². The molecule has 2 aliphatic rings. The standard InChI is InChI=1S/C14H27N3O/c1-15-11-14(6-7-14)13(18)17(3)9-5-12-4-8-16(2)10-12/h12,15H,4-11H2,1-3H3. The Bertz CT molecular complexity index is 301. The van der Waals surface area contributed by atoms with Crippen molar-refractivity contribution in [2.75, 3.05) is 47.3 Å². The molecule has 0 aromatic rings. The second-order valence-corrected chi connectivity index (χ2v) is 6.24. The molecule has 1 heterocycles. The Labute approximate surface area is 111 Å². The molecule has 0 bridgehead atoms. The molecule has 4 nitrogen and oxygen atoms in total. The summed E-state index contributed by atoms with van der Waals surface area (Å²) in [7, 11) is 6.08. The van der Waals surface area contributed by atoms with E-state index < -0.39 is 0 Å². The van der Waals surface area contributed by atoms with E-state index >= 15 is 0 Å². The van der Waals surface area contributed by atoms with Crippen LogP contribution in [0.2, 0.25) is 0 Å². The molecule has 0 radical (unpaired) electrons. The molecule has 1 amide bonds. The first-order valence-corrected chi connectivity index (χ1v) is 7.16. The molecule has 2 fully saturated rings. The monoisotopic (exact) mass is 253 g/mol. The average molecular weight is 253 g/mol. The Morgan fingerprint density at radius 1 is 1.50 bits per heavy atom. The van der Waals surface area contributed by atoms with Crippen molar-refractivity contribution < 1.29 is 4.79 Å². The van der Waals surface area contributed by atoms with Gasteiger partial charge in [-0.05, 0) is 52.2 Å². The van der Waals surface area contributed by atoms with Crippen LogP contribution in [0.5, 0.6) is 0 Å². The molecule has 0 aromatic heterocycles. The highest BCUT2D eigenvalue weighted by Crippen LogP contribution is 2.46. The second-order valence-electron chi connectivity index (χ2n) is 6.24. The third-order valence-electron chi connectivity index (χ3n) is 4.53. The highest BCUT2D eigenvalue weighted by molar-refractivity contribution is 5.85. The number of carbonyl (C=O) groups excluding carboxylic acids is 1. The number of hydrogen-bond donors (Lipinski definition) is 1. The summed E-state index contributed by atoms with van der Waals surface area (Å²) >= 11 is 0. The fourth-order valence-corrected chi connectivity index (χ4v) is 3.10. The van der Waals surface area contributed by atoms with E-state index in [1.165, 1.54) is 19.5 Å². The predicted octanol–water partition coefficient (Wildman–Crippen LogP) is 0.786. The fraction of sp³-hybridized carbons (Fsp3) is 0.929. The molecule has 1 aliphatic heterocycles. The summed E-state index contributed by atoms with van der Waals surface area (Å²) in [4.78, 5) is 16.7. The van der Waals surface area contributed by atoms with E-state index in [0.717, 1.165) is 38.3 Å². The molecule has 1 N–H and O–H groups in total. The Hall–Kier alpha value is -0.610. The van der Waals surface area contributed by atoms with Crippen molar-refractivity contribution in [1.82, 2.24) is 15.1 Å². The first-order valence-electron chi connectivity index (χ1n) is 7.16. The largest absolute Gasteiger partial charge is 0.345 e. The number of nitrogens with zero attached hydrogens (tertiary/aromatic N) is 2. The highest BCUT2D eigenvalue weighted by Gasteiger charge is 2.50. The predicted molar refractivity (Wildman–Crippen MR) is 73.5 cm³/mol. The van der Waals surface area contributed by atoms with Gasteiger partial charge in [-0.25, -0.2) is 0 Å². The molecule has 1 unspecified atom stereocenters. The molecule has 104 valence electrons. The minimum Gasteiger partial charge on any atom is -0.345 e. The van der Waals surface area contributed by atoms with Crippen LogP contribution < -0.4 is 5.32 Å². The molecule has 1 saturated heterocycles. The van der Waals surface area contributed by atoms with Crippen LogP contribution >= 0.6 is 0 Å². The molecule has 0 aromatic carbocycles. The Morgan fingerprint density at radius 2 is 2.22 bits per heavy atom. The third-order valence-corrected chi connectivity index (χ3v) is 4.53. The third kappa shape index (κ3) is 3.04. The smallest absolute Gasteiger partial charge is 0.229 e. The number of carbonyl (C=O) groups is 1. The normalized spacial score (nSPS) is 26.3. The van der Waals surface area contributed by atoms with Gasteiger partial charge in [0.25, 0.3) is 0 Å². The minimum absolute atomic E-state index is 0.0596. The summed E-state index contributed by atoms with van der Waals surface area (Å²) in [5, 5.41) is 3.16. The zero-order valence-corrected chi connectivity index (χ0v) is 12.0. The molecule has 4 heteroatoms. The van der Waals surface area contributed by atoms with E-state index in [1.807, 2.05) is 19.0 Å². The van der Waals surface area contributed by atoms with Gasteiger partial charge in [-0.1, -0.05) is 0 Å². The second kappa shape index (κ2) is 5.57. The van der Waals surface area contributed by atoms with Gasteiger partial charge in [0.15, 0.2) is 0 Å². The topological polar surface area (TPSA) is 35.6 Å². The first kappa shape index (κ1) is 13.8. The van der Waals surface area contributed by atoms with Crippen LogP contribution in [0.1, 0.15) is 25.7 Å². The molecular weight excluding hydrogens is 226 g/mol. The van der Waals surface area contributed by atoms with Crippen LogP contribution in [0.25, 0.3) is 0 Å². The maximum absolute atomic E-state index is 12.4. The Balaban J connectivity index is 1.74. The maximum Gasteiger partial charge on any atom is 0.229 e. The Morgan fingerprint density at radius 3 is 2.72 bits per heavy atom. The summed E-state index contributed by atoms with van der Waals surface area (Å²) in [6, 6.07) is 0. The van der Waals surface area contributed by atoms with Crippen LogP contribution in [-0.4, -0.2) is 63.0 Å². The van der Waals surface area contributed by atoms with E-state index in [0.29, 0.717) is 5.91 Å². The van der Waals surface area contributed by atoms with Crippen molar-refractivity contribution >= 4 is 5.91 Å². The van der Waals surface area contributed by atoms with E-state index in [-0.39, 0.29) is 5.41 Å². The Kier molecular flexibility index (Phi) is 4.28. The number of hydrogen-bond acceptors (Lipinski definition) is 3. The van der Waals surface area contributed by atoms with E-state index in [1.54, 1.807) is 0 Å². The zero-order valence-electron chi connectivity index (χ0n) is 12.0. The van der Waals surface area contributed by atoms with Crippen molar-refractivity contribution in [3.63, 3.8) is 0 Å². The van der Waals surface area contributed by atoms with Crippen LogP contribution in [0.15, 0.2) is 0 Å². The van der Waals surface area contributed by atoms with Crippen LogP contribution in [0, 0.1) is 11.3 Å². The van der Waals surface area contributed by atoms with Gasteiger partial charge < -0.3 is 15.1 Å². The van der Waals surface area contributed by atoms with Crippen LogP contribution in [-0.2, 0) is 4.79 Å². The van der Waals surface area contributed by atoms with E-state index in [9.17, 15) is 4.79 Å². The molecule has 1 saturated carbocycles. The summed E-state index contributed by atoms with van der Waals surface area (Å²) in [6.45, 7) is 4.17. The molecule has 1 atom stereocenters. The molecule has 0 spiro atoms. The van der Waals surface area contributed by atoms with Gasteiger partial charge in [0.1, 0.15) is 0 Å². The van der Waals surface area contributed by atoms with Crippen molar-refractivity contribution in [1.29, 1.82) is 0 Å². The summed E-state index contributed by atoms with van der Waals surface area (Å²) in [5.74, 6) is 1.13. The SMILES string of the molecule is CNCC1(C(=O)N(C)CCC2CCN(C)C2)CC1. The lowest BCUT2D eigenvalue weighted by molar-refractivity contribution is -0.135. The lowest BCUT2D eigenvalue weighted by Gasteiger charge is -2.24. The van der Waals surface area contributed by atoms with Gasteiger partial charge in [0.05, 0.1) is 5.41 Å².